The van der Waals surface area contributed by atoms with Gasteiger partial charge < -0.3 is 10.1 Å². The summed E-state index contributed by atoms with van der Waals surface area (Å²) in [5, 5.41) is 3.17. The van der Waals surface area contributed by atoms with Crippen LogP contribution in [-0.2, 0) is 11.2 Å². The first kappa shape index (κ1) is 14.9. The number of aromatic nitrogens is 2. The fourth-order valence-corrected chi connectivity index (χ4v) is 1.91. The van der Waals surface area contributed by atoms with Crippen molar-refractivity contribution in [3.63, 3.8) is 0 Å². The monoisotopic (exact) mass is 289 g/mol. The number of esters is 1. The van der Waals surface area contributed by atoms with Crippen LogP contribution in [0.3, 0.4) is 0 Å². The molecule has 0 saturated heterocycles. The molecular weight excluding hydrogens is 273 g/mol. The van der Waals surface area contributed by atoms with Crippen LogP contribution >= 0.6 is 0 Å². The number of ether oxygens (including phenoxy) is 1. The van der Waals surface area contributed by atoms with Crippen molar-refractivity contribution in [1.29, 1.82) is 0 Å². The van der Waals surface area contributed by atoms with Crippen LogP contribution in [0.2, 0.25) is 0 Å². The van der Waals surface area contributed by atoms with E-state index in [1.807, 2.05) is 6.92 Å². The third-order valence-corrected chi connectivity index (χ3v) is 2.87. The lowest BCUT2D eigenvalue weighted by Gasteiger charge is -2.14. The SMILES string of the molecule is COC(=O)c1nccc(NC(C)Cc2ccc(F)cc2)n1. The van der Waals surface area contributed by atoms with Gasteiger partial charge in [0.25, 0.3) is 0 Å². The molecule has 1 aromatic heterocycles. The van der Waals surface area contributed by atoms with Gasteiger partial charge in [-0.15, -0.1) is 0 Å². The van der Waals surface area contributed by atoms with E-state index in [1.54, 1.807) is 18.2 Å². The second kappa shape index (κ2) is 6.78. The van der Waals surface area contributed by atoms with E-state index in [2.05, 4.69) is 20.0 Å². The Kier molecular flexibility index (Phi) is 4.81. The summed E-state index contributed by atoms with van der Waals surface area (Å²) in [5.74, 6) is -0.279. The predicted octanol–water partition coefficient (Wildman–Crippen LogP) is 2.45. The van der Waals surface area contributed by atoms with Crippen molar-refractivity contribution in [2.24, 2.45) is 0 Å². The number of carbonyl (C=O) groups is 1. The average Bonchev–Trinajstić information content (AvgIpc) is 2.49. The molecule has 0 aliphatic heterocycles. The third kappa shape index (κ3) is 4.24. The van der Waals surface area contributed by atoms with Gasteiger partial charge in [-0.25, -0.2) is 19.2 Å². The largest absolute Gasteiger partial charge is 0.463 e. The van der Waals surface area contributed by atoms with Crippen LogP contribution in [0.4, 0.5) is 10.2 Å². The van der Waals surface area contributed by atoms with Crippen molar-refractivity contribution >= 4 is 11.8 Å². The summed E-state index contributed by atoms with van der Waals surface area (Å²) in [4.78, 5) is 19.3. The van der Waals surface area contributed by atoms with E-state index < -0.39 is 5.97 Å². The molecule has 21 heavy (non-hydrogen) atoms. The van der Waals surface area contributed by atoms with Crippen molar-refractivity contribution in [3.05, 3.63) is 53.7 Å². The van der Waals surface area contributed by atoms with Crippen molar-refractivity contribution in [3.8, 4) is 0 Å². The first-order valence-electron chi connectivity index (χ1n) is 6.51. The summed E-state index contributed by atoms with van der Waals surface area (Å²) < 4.78 is 17.4. The number of nitrogens with one attached hydrogen (secondary N) is 1. The normalized spacial score (nSPS) is 11.8. The van der Waals surface area contributed by atoms with E-state index in [4.69, 9.17) is 0 Å². The van der Waals surface area contributed by atoms with E-state index >= 15 is 0 Å². The van der Waals surface area contributed by atoms with Gasteiger partial charge in [-0.05, 0) is 37.1 Å². The zero-order valence-electron chi connectivity index (χ0n) is 11.8. The Morgan fingerprint density at radius 1 is 1.33 bits per heavy atom. The lowest BCUT2D eigenvalue weighted by Crippen LogP contribution is -2.20. The Labute approximate surface area is 122 Å². The van der Waals surface area contributed by atoms with Crippen molar-refractivity contribution in [2.45, 2.75) is 19.4 Å². The second-order valence-electron chi connectivity index (χ2n) is 4.63. The van der Waals surface area contributed by atoms with E-state index in [1.165, 1.54) is 25.4 Å². The number of hydrogen-bond acceptors (Lipinski definition) is 5. The van der Waals surface area contributed by atoms with E-state index in [0.717, 1.165) is 5.56 Å². The van der Waals surface area contributed by atoms with Gasteiger partial charge in [0, 0.05) is 12.2 Å². The topological polar surface area (TPSA) is 64.1 Å². The summed E-state index contributed by atoms with van der Waals surface area (Å²) in [6.45, 7) is 1.98. The highest BCUT2D eigenvalue weighted by atomic mass is 19.1. The molecule has 0 radical (unpaired) electrons. The van der Waals surface area contributed by atoms with Crippen molar-refractivity contribution in [1.82, 2.24) is 9.97 Å². The molecule has 2 aromatic rings. The van der Waals surface area contributed by atoms with Gasteiger partial charge in [-0.1, -0.05) is 12.1 Å². The highest BCUT2D eigenvalue weighted by molar-refractivity contribution is 5.85. The molecule has 6 heteroatoms. The Hall–Kier alpha value is -2.50. The quantitative estimate of drug-likeness (QED) is 0.857. The van der Waals surface area contributed by atoms with Crippen LogP contribution < -0.4 is 5.32 Å². The molecule has 1 N–H and O–H groups in total. The van der Waals surface area contributed by atoms with Crippen LogP contribution in [-0.4, -0.2) is 29.1 Å². The molecule has 0 bridgehead atoms. The number of rotatable bonds is 5. The molecule has 0 aliphatic carbocycles. The van der Waals surface area contributed by atoms with E-state index in [9.17, 15) is 9.18 Å². The smallest absolute Gasteiger partial charge is 0.376 e. The van der Waals surface area contributed by atoms with Crippen LogP contribution in [0.15, 0.2) is 36.5 Å². The summed E-state index contributed by atoms with van der Waals surface area (Å²) in [7, 11) is 1.28. The maximum Gasteiger partial charge on any atom is 0.376 e. The summed E-state index contributed by atoms with van der Waals surface area (Å²) in [5.41, 5.74) is 1.01. The molecule has 2 rings (SSSR count). The van der Waals surface area contributed by atoms with Crippen LogP contribution in [0.25, 0.3) is 0 Å². The van der Waals surface area contributed by atoms with E-state index in [-0.39, 0.29) is 17.7 Å². The van der Waals surface area contributed by atoms with Gasteiger partial charge in [-0.3, -0.25) is 0 Å². The molecule has 0 amide bonds. The molecule has 0 aliphatic rings. The molecule has 5 nitrogen and oxygen atoms in total. The van der Waals surface area contributed by atoms with Gasteiger partial charge in [0.05, 0.1) is 7.11 Å². The molecule has 1 aromatic carbocycles. The number of carbonyl (C=O) groups excluding carboxylic acids is 1. The fourth-order valence-electron chi connectivity index (χ4n) is 1.91. The summed E-state index contributed by atoms with van der Waals surface area (Å²) >= 11 is 0. The molecule has 0 fully saturated rings. The molecular formula is C15H16FN3O2. The highest BCUT2D eigenvalue weighted by Crippen LogP contribution is 2.10. The minimum atomic E-state index is -0.579. The Morgan fingerprint density at radius 2 is 2.05 bits per heavy atom. The van der Waals surface area contributed by atoms with Gasteiger partial charge in [0.15, 0.2) is 0 Å². The van der Waals surface area contributed by atoms with Crippen LogP contribution in [0, 0.1) is 5.82 Å². The second-order valence-corrected chi connectivity index (χ2v) is 4.63. The van der Waals surface area contributed by atoms with E-state index in [0.29, 0.717) is 12.2 Å². The molecule has 0 saturated carbocycles. The number of hydrogen-bond donors (Lipinski definition) is 1. The van der Waals surface area contributed by atoms with Crippen LogP contribution in [0.5, 0.6) is 0 Å². The molecule has 110 valence electrons. The predicted molar refractivity (Wildman–Crippen MR) is 76.6 cm³/mol. The van der Waals surface area contributed by atoms with Gasteiger partial charge in [0.1, 0.15) is 11.6 Å². The minimum Gasteiger partial charge on any atom is -0.463 e. The first-order chi connectivity index (χ1) is 10.1. The van der Waals surface area contributed by atoms with Gasteiger partial charge in [0.2, 0.25) is 5.82 Å². The van der Waals surface area contributed by atoms with Gasteiger partial charge in [-0.2, -0.15) is 0 Å². The third-order valence-electron chi connectivity index (χ3n) is 2.87. The fraction of sp³-hybridized carbons (Fsp3) is 0.267. The number of anilines is 1. The maximum absolute atomic E-state index is 12.8. The van der Waals surface area contributed by atoms with Crippen molar-refractivity contribution in [2.75, 3.05) is 12.4 Å². The number of nitrogens with zero attached hydrogens (tertiary/aromatic N) is 2. The van der Waals surface area contributed by atoms with Gasteiger partial charge >= 0.3 is 5.97 Å². The maximum atomic E-state index is 12.8. The molecule has 1 heterocycles. The Morgan fingerprint density at radius 3 is 2.71 bits per heavy atom. The lowest BCUT2D eigenvalue weighted by atomic mass is 10.1. The molecule has 1 atom stereocenters. The lowest BCUT2D eigenvalue weighted by molar-refractivity contribution is 0.0587. The Balaban J connectivity index is 2.00. The first-order valence-corrected chi connectivity index (χ1v) is 6.51. The zero-order chi connectivity index (χ0) is 15.2. The number of halogens is 1. The Bertz CT molecular complexity index is 617. The average molecular weight is 289 g/mol. The summed E-state index contributed by atoms with van der Waals surface area (Å²) in [6, 6.07) is 8.09. The van der Waals surface area contributed by atoms with Crippen molar-refractivity contribution < 1.29 is 13.9 Å². The minimum absolute atomic E-state index is 0.0106. The number of benzene rings is 1. The summed E-state index contributed by atoms with van der Waals surface area (Å²) in [6.07, 6.45) is 2.20. The van der Waals surface area contributed by atoms with Crippen LogP contribution in [0.1, 0.15) is 23.1 Å². The number of methoxy groups -OCH3 is 1. The molecule has 0 spiro atoms. The standard InChI is InChI=1S/C15H16FN3O2/c1-10(9-11-3-5-12(16)6-4-11)18-13-7-8-17-14(19-13)15(20)21-2/h3-8,10H,9H2,1-2H3,(H,17,18,19). The highest BCUT2D eigenvalue weighted by Gasteiger charge is 2.11. The zero-order valence-corrected chi connectivity index (χ0v) is 11.8. The molecule has 1 unspecified atom stereocenters.